The number of ether oxygens (including phenoxy) is 1. The van der Waals surface area contributed by atoms with Crippen LogP contribution in [0, 0.1) is 11.3 Å². The summed E-state index contributed by atoms with van der Waals surface area (Å²) in [6.07, 6.45) is 0. The van der Waals surface area contributed by atoms with Gasteiger partial charge in [-0.1, -0.05) is 30.3 Å². The predicted octanol–water partition coefficient (Wildman–Crippen LogP) is 3.16. The summed E-state index contributed by atoms with van der Waals surface area (Å²) in [7, 11) is 0. The van der Waals surface area contributed by atoms with Crippen molar-refractivity contribution in [3.63, 3.8) is 0 Å². The van der Waals surface area contributed by atoms with Crippen LogP contribution in [0.2, 0.25) is 0 Å². The molecule has 0 aromatic heterocycles. The van der Waals surface area contributed by atoms with Gasteiger partial charge in [0.25, 0.3) is 0 Å². The molecule has 0 saturated heterocycles. The Kier molecular flexibility index (Phi) is 4.17. The summed E-state index contributed by atoms with van der Waals surface area (Å²) in [5, 5.41) is 8.99. The molecule has 0 heterocycles. The minimum Gasteiger partial charge on any atom is -0.489 e. The average molecular weight is 252 g/mol. The zero-order valence-corrected chi connectivity index (χ0v) is 10.8. The Morgan fingerprint density at radius 1 is 1.16 bits per heavy atom. The first kappa shape index (κ1) is 13.1. The monoisotopic (exact) mass is 252 g/mol. The maximum Gasteiger partial charge on any atom is 0.119 e. The average Bonchev–Trinajstić information content (AvgIpc) is 2.45. The summed E-state index contributed by atoms with van der Waals surface area (Å²) in [5.74, 6) is 0.775. The van der Waals surface area contributed by atoms with Crippen molar-refractivity contribution < 1.29 is 4.74 Å². The molecule has 0 saturated carbocycles. The summed E-state index contributed by atoms with van der Waals surface area (Å²) < 4.78 is 5.68. The molecule has 1 atom stereocenters. The maximum atomic E-state index is 8.99. The molecule has 0 spiro atoms. The Labute approximate surface area is 113 Å². The second-order valence-electron chi connectivity index (χ2n) is 4.42. The smallest absolute Gasteiger partial charge is 0.119 e. The number of nitriles is 1. The number of rotatable bonds is 4. The standard InChI is InChI=1S/C16H16N2O/c1-12(18)13-6-8-16(9-7-13)19-11-15-5-3-2-4-14(15)10-17/h2-9,12H,11,18H2,1H3. The van der Waals surface area contributed by atoms with Crippen LogP contribution in [0.25, 0.3) is 0 Å². The van der Waals surface area contributed by atoms with Gasteiger partial charge in [-0.2, -0.15) is 5.26 Å². The van der Waals surface area contributed by atoms with E-state index in [0.717, 1.165) is 16.9 Å². The van der Waals surface area contributed by atoms with Crippen molar-refractivity contribution >= 4 is 0 Å². The molecular weight excluding hydrogens is 236 g/mol. The zero-order valence-electron chi connectivity index (χ0n) is 10.8. The fourth-order valence-corrected chi connectivity index (χ4v) is 1.78. The number of benzene rings is 2. The number of nitrogens with zero attached hydrogens (tertiary/aromatic N) is 1. The van der Waals surface area contributed by atoms with E-state index < -0.39 is 0 Å². The lowest BCUT2D eigenvalue weighted by atomic mass is 10.1. The minimum atomic E-state index is 0.0216. The Morgan fingerprint density at radius 2 is 1.84 bits per heavy atom. The van der Waals surface area contributed by atoms with Gasteiger partial charge in [0.2, 0.25) is 0 Å². The van der Waals surface area contributed by atoms with Crippen LogP contribution in [0.3, 0.4) is 0 Å². The highest BCUT2D eigenvalue weighted by molar-refractivity contribution is 5.37. The van der Waals surface area contributed by atoms with Crippen molar-refractivity contribution in [1.29, 1.82) is 5.26 Å². The SMILES string of the molecule is CC(N)c1ccc(OCc2ccccc2C#N)cc1. The highest BCUT2D eigenvalue weighted by Gasteiger charge is 2.03. The fraction of sp³-hybridized carbons (Fsp3) is 0.188. The van der Waals surface area contributed by atoms with Gasteiger partial charge in [-0.25, -0.2) is 0 Å². The minimum absolute atomic E-state index is 0.0216. The largest absolute Gasteiger partial charge is 0.489 e. The van der Waals surface area contributed by atoms with Crippen molar-refractivity contribution in [2.45, 2.75) is 19.6 Å². The van der Waals surface area contributed by atoms with Gasteiger partial charge in [0.05, 0.1) is 11.6 Å². The Morgan fingerprint density at radius 3 is 2.47 bits per heavy atom. The van der Waals surface area contributed by atoms with Crippen LogP contribution in [0.4, 0.5) is 0 Å². The topological polar surface area (TPSA) is 59.0 Å². The van der Waals surface area contributed by atoms with Gasteiger partial charge in [0.1, 0.15) is 12.4 Å². The van der Waals surface area contributed by atoms with Gasteiger partial charge >= 0.3 is 0 Å². The summed E-state index contributed by atoms with van der Waals surface area (Å²) in [6.45, 7) is 2.33. The third kappa shape index (κ3) is 3.34. The number of nitrogens with two attached hydrogens (primary N) is 1. The Hall–Kier alpha value is -2.31. The molecule has 2 N–H and O–H groups in total. The van der Waals surface area contributed by atoms with E-state index in [1.807, 2.05) is 49.4 Å². The van der Waals surface area contributed by atoms with Crippen molar-refractivity contribution in [2.75, 3.05) is 0 Å². The highest BCUT2D eigenvalue weighted by Crippen LogP contribution is 2.18. The van der Waals surface area contributed by atoms with E-state index in [1.165, 1.54) is 0 Å². The lowest BCUT2D eigenvalue weighted by Gasteiger charge is -2.09. The molecule has 2 aromatic rings. The third-order valence-corrected chi connectivity index (χ3v) is 2.94. The molecule has 3 heteroatoms. The van der Waals surface area contributed by atoms with Crippen LogP contribution in [0.15, 0.2) is 48.5 Å². The zero-order chi connectivity index (χ0) is 13.7. The highest BCUT2D eigenvalue weighted by atomic mass is 16.5. The fourth-order valence-electron chi connectivity index (χ4n) is 1.78. The number of hydrogen-bond acceptors (Lipinski definition) is 3. The molecule has 19 heavy (non-hydrogen) atoms. The van der Waals surface area contributed by atoms with Crippen molar-refractivity contribution in [1.82, 2.24) is 0 Å². The van der Waals surface area contributed by atoms with E-state index in [-0.39, 0.29) is 6.04 Å². The first-order chi connectivity index (χ1) is 9.20. The van der Waals surface area contributed by atoms with E-state index in [9.17, 15) is 0 Å². The van der Waals surface area contributed by atoms with E-state index in [1.54, 1.807) is 6.07 Å². The van der Waals surface area contributed by atoms with Crippen LogP contribution in [-0.2, 0) is 6.61 Å². The molecule has 0 fully saturated rings. The molecular formula is C16H16N2O. The van der Waals surface area contributed by atoms with Crippen LogP contribution >= 0.6 is 0 Å². The molecule has 0 amide bonds. The quantitative estimate of drug-likeness (QED) is 0.909. The Balaban J connectivity index is 2.04. The van der Waals surface area contributed by atoms with Crippen molar-refractivity contribution in [3.05, 3.63) is 65.2 Å². The van der Waals surface area contributed by atoms with Crippen LogP contribution in [0.5, 0.6) is 5.75 Å². The lowest BCUT2D eigenvalue weighted by molar-refractivity contribution is 0.306. The Bertz CT molecular complexity index is 582. The molecule has 0 aliphatic rings. The van der Waals surface area contributed by atoms with Crippen molar-refractivity contribution in [2.24, 2.45) is 5.73 Å². The molecule has 0 bridgehead atoms. The van der Waals surface area contributed by atoms with Crippen LogP contribution in [0.1, 0.15) is 29.7 Å². The molecule has 1 unspecified atom stereocenters. The molecule has 2 rings (SSSR count). The second kappa shape index (κ2) is 6.03. The molecule has 0 aliphatic carbocycles. The molecule has 96 valence electrons. The van der Waals surface area contributed by atoms with E-state index >= 15 is 0 Å². The van der Waals surface area contributed by atoms with Gasteiger partial charge in [0.15, 0.2) is 0 Å². The van der Waals surface area contributed by atoms with Crippen molar-refractivity contribution in [3.8, 4) is 11.8 Å². The predicted molar refractivity (Wildman–Crippen MR) is 74.5 cm³/mol. The van der Waals surface area contributed by atoms with Crippen LogP contribution < -0.4 is 10.5 Å². The molecule has 2 aromatic carbocycles. The summed E-state index contributed by atoms with van der Waals surface area (Å²) >= 11 is 0. The van der Waals surface area contributed by atoms with Gasteiger partial charge in [-0.15, -0.1) is 0 Å². The lowest BCUT2D eigenvalue weighted by Crippen LogP contribution is -2.04. The second-order valence-corrected chi connectivity index (χ2v) is 4.42. The van der Waals surface area contributed by atoms with Gasteiger partial charge in [-0.05, 0) is 30.7 Å². The summed E-state index contributed by atoms with van der Waals surface area (Å²) in [4.78, 5) is 0. The van der Waals surface area contributed by atoms with E-state index in [0.29, 0.717) is 12.2 Å². The summed E-state index contributed by atoms with van der Waals surface area (Å²) in [5.41, 5.74) is 8.40. The molecule has 3 nitrogen and oxygen atoms in total. The van der Waals surface area contributed by atoms with Crippen LogP contribution in [-0.4, -0.2) is 0 Å². The third-order valence-electron chi connectivity index (χ3n) is 2.94. The maximum absolute atomic E-state index is 8.99. The van der Waals surface area contributed by atoms with E-state index in [2.05, 4.69) is 6.07 Å². The first-order valence-corrected chi connectivity index (χ1v) is 6.17. The number of hydrogen-bond donors (Lipinski definition) is 1. The van der Waals surface area contributed by atoms with Gasteiger partial charge in [0, 0.05) is 11.6 Å². The molecule has 0 radical (unpaired) electrons. The van der Waals surface area contributed by atoms with Gasteiger partial charge < -0.3 is 10.5 Å². The van der Waals surface area contributed by atoms with Gasteiger partial charge in [-0.3, -0.25) is 0 Å². The summed E-state index contributed by atoms with van der Waals surface area (Å²) in [6, 6.07) is 17.3. The van der Waals surface area contributed by atoms with E-state index in [4.69, 9.17) is 15.7 Å². The first-order valence-electron chi connectivity index (χ1n) is 6.17. The normalized spacial score (nSPS) is 11.6. The molecule has 0 aliphatic heterocycles.